The normalized spacial score (nSPS) is 11.0. The second-order valence-corrected chi connectivity index (χ2v) is 5.29. The summed E-state index contributed by atoms with van der Waals surface area (Å²) in [5.74, 6) is 0.445. The molecule has 0 fully saturated rings. The number of halogens is 1. The molecule has 7 nitrogen and oxygen atoms in total. The lowest BCUT2D eigenvalue weighted by Crippen LogP contribution is -1.90. The zero-order valence-corrected chi connectivity index (χ0v) is 13.3. The zero-order chi connectivity index (χ0) is 15.6. The van der Waals surface area contributed by atoms with Crippen LogP contribution in [0.3, 0.4) is 0 Å². The molecule has 1 heterocycles. The third kappa shape index (κ3) is 3.15. The summed E-state index contributed by atoms with van der Waals surface area (Å²) in [6.07, 6.45) is 3.08. The number of hydrogen-bond donors (Lipinski definition) is 1. The first-order valence-corrected chi connectivity index (χ1v) is 6.87. The van der Waals surface area contributed by atoms with Crippen molar-refractivity contribution in [2.45, 2.75) is 6.92 Å². The molecule has 1 N–H and O–H groups in total. The molecular formula is C13H11IN2O5. The third-order valence-corrected chi connectivity index (χ3v) is 3.56. The van der Waals surface area contributed by atoms with Crippen LogP contribution < -0.4 is 4.74 Å². The number of rotatable bonds is 4. The van der Waals surface area contributed by atoms with E-state index in [9.17, 15) is 15.2 Å². The second kappa shape index (κ2) is 6.12. The molecule has 1 aromatic carbocycles. The minimum absolute atomic E-state index is 0.0525. The molecule has 0 amide bonds. The maximum atomic E-state index is 10.9. The van der Waals surface area contributed by atoms with Gasteiger partial charge in [-0.3, -0.25) is 10.1 Å². The number of ether oxygens (including phenoxy) is 1. The van der Waals surface area contributed by atoms with Crippen LogP contribution in [-0.4, -0.2) is 22.3 Å². The van der Waals surface area contributed by atoms with Crippen molar-refractivity contribution in [3.63, 3.8) is 0 Å². The maximum absolute atomic E-state index is 10.9. The Bertz CT molecular complexity index is 724. The lowest BCUT2D eigenvalue weighted by molar-refractivity contribution is -0.386. The molecule has 0 aliphatic heterocycles. The van der Waals surface area contributed by atoms with Crippen molar-refractivity contribution in [1.82, 2.24) is 5.16 Å². The number of aromatic nitrogens is 1. The number of benzene rings is 1. The van der Waals surface area contributed by atoms with Crippen LogP contribution in [0.25, 0.3) is 12.2 Å². The van der Waals surface area contributed by atoms with Crippen molar-refractivity contribution >= 4 is 40.4 Å². The van der Waals surface area contributed by atoms with Gasteiger partial charge in [0.2, 0.25) is 5.76 Å². The summed E-state index contributed by atoms with van der Waals surface area (Å²) < 4.78 is 10.6. The van der Waals surface area contributed by atoms with Crippen LogP contribution in [0.5, 0.6) is 11.5 Å². The Hall–Kier alpha value is -2.10. The summed E-state index contributed by atoms with van der Waals surface area (Å²) >= 11 is 1.97. The van der Waals surface area contributed by atoms with Crippen LogP contribution in [0.2, 0.25) is 0 Å². The van der Waals surface area contributed by atoms with Crippen LogP contribution >= 0.6 is 22.6 Å². The van der Waals surface area contributed by atoms with Crippen molar-refractivity contribution in [3.8, 4) is 11.5 Å². The van der Waals surface area contributed by atoms with E-state index in [-0.39, 0.29) is 22.9 Å². The molecule has 0 saturated carbocycles. The fraction of sp³-hybridized carbons (Fsp3) is 0.154. The van der Waals surface area contributed by atoms with Crippen molar-refractivity contribution in [3.05, 3.63) is 42.8 Å². The van der Waals surface area contributed by atoms with E-state index >= 15 is 0 Å². The van der Waals surface area contributed by atoms with E-state index in [1.54, 1.807) is 18.2 Å². The van der Waals surface area contributed by atoms with Gasteiger partial charge < -0.3 is 14.4 Å². The van der Waals surface area contributed by atoms with Gasteiger partial charge >= 0.3 is 5.69 Å². The Morgan fingerprint density at radius 3 is 2.81 bits per heavy atom. The quantitative estimate of drug-likeness (QED) is 0.478. The first kappa shape index (κ1) is 15.3. The number of phenolic OH excluding ortho intramolecular Hbond substituents is 1. The number of nitrogens with zero attached hydrogens (tertiary/aromatic N) is 2. The van der Waals surface area contributed by atoms with Gasteiger partial charge in [-0.05, 0) is 53.3 Å². The lowest BCUT2D eigenvalue weighted by Gasteiger charge is -2.06. The van der Waals surface area contributed by atoms with Gasteiger partial charge in [0.1, 0.15) is 0 Å². The topological polar surface area (TPSA) is 98.6 Å². The predicted octanol–water partition coefficient (Wildman–Crippen LogP) is 3.38. The molecule has 0 saturated heterocycles. The van der Waals surface area contributed by atoms with E-state index in [2.05, 4.69) is 5.16 Å². The number of methoxy groups -OCH3 is 1. The number of aryl methyl sites for hydroxylation is 1. The van der Waals surface area contributed by atoms with Crippen molar-refractivity contribution < 1.29 is 19.3 Å². The second-order valence-electron chi connectivity index (χ2n) is 4.12. The fourth-order valence-electron chi connectivity index (χ4n) is 1.73. The summed E-state index contributed by atoms with van der Waals surface area (Å²) in [5, 5.41) is 24.3. The van der Waals surface area contributed by atoms with E-state index in [0.717, 1.165) is 0 Å². The zero-order valence-electron chi connectivity index (χ0n) is 11.2. The predicted molar refractivity (Wildman–Crippen MR) is 84.2 cm³/mol. The molecule has 2 rings (SSSR count). The number of nitro groups is 1. The Balaban J connectivity index is 2.38. The van der Waals surface area contributed by atoms with Crippen LogP contribution in [0.4, 0.5) is 5.69 Å². The molecule has 0 aliphatic rings. The lowest BCUT2D eigenvalue weighted by atomic mass is 10.1. The molecule has 110 valence electrons. The smallest absolute Gasteiger partial charge is 0.338 e. The SMILES string of the molecule is COc1cc(/C=C\c2onc(C)c2[N+](=O)[O-])cc(I)c1O. The van der Waals surface area contributed by atoms with Crippen LogP contribution in [0.15, 0.2) is 16.7 Å². The monoisotopic (exact) mass is 402 g/mol. The highest BCUT2D eigenvalue weighted by atomic mass is 127. The Morgan fingerprint density at radius 2 is 2.19 bits per heavy atom. The fourth-order valence-corrected chi connectivity index (χ4v) is 2.36. The molecule has 0 spiro atoms. The van der Waals surface area contributed by atoms with Gasteiger partial charge in [-0.15, -0.1) is 0 Å². The van der Waals surface area contributed by atoms with Crippen molar-refractivity contribution in [1.29, 1.82) is 0 Å². The number of phenols is 1. The summed E-state index contributed by atoms with van der Waals surface area (Å²) in [7, 11) is 1.45. The van der Waals surface area contributed by atoms with Gasteiger partial charge in [-0.2, -0.15) is 0 Å². The minimum Gasteiger partial charge on any atom is -0.504 e. The number of hydrogen-bond acceptors (Lipinski definition) is 6. The largest absolute Gasteiger partial charge is 0.504 e. The van der Waals surface area contributed by atoms with Crippen LogP contribution in [-0.2, 0) is 0 Å². The highest BCUT2D eigenvalue weighted by molar-refractivity contribution is 14.1. The Morgan fingerprint density at radius 1 is 1.48 bits per heavy atom. The van der Waals surface area contributed by atoms with E-state index in [4.69, 9.17) is 9.26 Å². The van der Waals surface area contributed by atoms with Crippen molar-refractivity contribution in [2.75, 3.05) is 7.11 Å². The van der Waals surface area contributed by atoms with Gasteiger partial charge in [0.05, 0.1) is 15.6 Å². The summed E-state index contributed by atoms with van der Waals surface area (Å²) in [6, 6.07) is 3.33. The molecule has 8 heteroatoms. The molecule has 1 aromatic heterocycles. The third-order valence-electron chi connectivity index (χ3n) is 2.74. The van der Waals surface area contributed by atoms with Gasteiger partial charge in [-0.1, -0.05) is 11.2 Å². The van der Waals surface area contributed by atoms with E-state index in [1.807, 2.05) is 22.6 Å². The molecule has 0 aliphatic carbocycles. The minimum atomic E-state index is -0.535. The summed E-state index contributed by atoms with van der Waals surface area (Å²) in [4.78, 5) is 10.4. The van der Waals surface area contributed by atoms with Gasteiger partial charge in [0.25, 0.3) is 0 Å². The molecule has 0 bridgehead atoms. The van der Waals surface area contributed by atoms with Crippen LogP contribution in [0, 0.1) is 20.6 Å². The van der Waals surface area contributed by atoms with Gasteiger partial charge in [0.15, 0.2) is 17.2 Å². The Labute approximate surface area is 133 Å². The Kier molecular flexibility index (Phi) is 4.46. The van der Waals surface area contributed by atoms with Crippen molar-refractivity contribution in [2.24, 2.45) is 0 Å². The van der Waals surface area contributed by atoms with Gasteiger partial charge in [0, 0.05) is 0 Å². The van der Waals surface area contributed by atoms with E-state index in [1.165, 1.54) is 20.1 Å². The van der Waals surface area contributed by atoms with E-state index in [0.29, 0.717) is 14.9 Å². The average molecular weight is 402 g/mol. The highest BCUT2D eigenvalue weighted by Crippen LogP contribution is 2.33. The molecule has 0 atom stereocenters. The summed E-state index contributed by atoms with van der Waals surface area (Å²) in [6.45, 7) is 1.51. The molecular weight excluding hydrogens is 391 g/mol. The number of aromatic hydroxyl groups is 1. The molecule has 0 radical (unpaired) electrons. The molecule has 2 aromatic rings. The molecule has 21 heavy (non-hydrogen) atoms. The van der Waals surface area contributed by atoms with Crippen LogP contribution in [0.1, 0.15) is 17.0 Å². The molecule has 0 unspecified atom stereocenters. The van der Waals surface area contributed by atoms with E-state index < -0.39 is 4.92 Å². The highest BCUT2D eigenvalue weighted by Gasteiger charge is 2.21. The average Bonchev–Trinajstić information content (AvgIpc) is 2.81. The first-order valence-electron chi connectivity index (χ1n) is 5.79. The maximum Gasteiger partial charge on any atom is 0.338 e. The summed E-state index contributed by atoms with van der Waals surface area (Å²) in [5.41, 5.74) is 0.765. The first-order chi connectivity index (χ1) is 9.93. The van der Waals surface area contributed by atoms with Gasteiger partial charge in [-0.25, -0.2) is 0 Å². The standard InChI is InChI=1S/C13H11IN2O5/c1-7-12(16(18)19)10(21-15-7)4-3-8-5-9(14)13(17)11(6-8)20-2/h3-6,17H,1-2H3/b4-3-.